The zero-order valence-electron chi connectivity index (χ0n) is 10.9. The smallest absolute Gasteiger partial charge is 0.128 e. The van der Waals surface area contributed by atoms with Crippen LogP contribution in [0.3, 0.4) is 0 Å². The number of hydrogen-bond donors (Lipinski definition) is 0. The molecule has 0 saturated heterocycles. The standard InChI is InChI=1S/C16H15Cl2F/c1-10-3-4-12(7-11(10)2)8-15(18)14-9-13(17)5-6-16(14)19/h3-7,9,15H,8H2,1-2H3. The minimum Gasteiger partial charge on any atom is -0.207 e. The van der Waals surface area contributed by atoms with Crippen LogP contribution >= 0.6 is 23.2 Å². The molecule has 1 atom stereocenters. The monoisotopic (exact) mass is 296 g/mol. The maximum Gasteiger partial charge on any atom is 0.128 e. The van der Waals surface area contributed by atoms with Crippen molar-refractivity contribution < 1.29 is 4.39 Å². The lowest BCUT2D eigenvalue weighted by molar-refractivity contribution is 0.606. The molecule has 0 bridgehead atoms. The van der Waals surface area contributed by atoms with Crippen LogP contribution in [0.15, 0.2) is 36.4 Å². The third-order valence-corrected chi connectivity index (χ3v) is 3.91. The summed E-state index contributed by atoms with van der Waals surface area (Å²) >= 11 is 12.2. The molecular weight excluding hydrogens is 282 g/mol. The maximum atomic E-state index is 13.7. The largest absolute Gasteiger partial charge is 0.207 e. The van der Waals surface area contributed by atoms with Crippen LogP contribution < -0.4 is 0 Å². The van der Waals surface area contributed by atoms with Crippen LogP contribution in [0.1, 0.15) is 27.6 Å². The normalized spacial score (nSPS) is 12.5. The number of halogens is 3. The van der Waals surface area contributed by atoms with Gasteiger partial charge in [0.25, 0.3) is 0 Å². The molecule has 19 heavy (non-hydrogen) atoms. The van der Waals surface area contributed by atoms with Gasteiger partial charge in [0, 0.05) is 10.6 Å². The summed E-state index contributed by atoms with van der Waals surface area (Å²) in [5.74, 6) is -0.312. The number of rotatable bonds is 3. The second kappa shape index (κ2) is 5.94. The second-order valence-corrected chi connectivity index (χ2v) is 5.72. The van der Waals surface area contributed by atoms with Crippen LogP contribution in [0.4, 0.5) is 4.39 Å². The van der Waals surface area contributed by atoms with E-state index in [0.29, 0.717) is 17.0 Å². The number of hydrogen-bond acceptors (Lipinski definition) is 0. The Bertz CT molecular complexity index is 593. The van der Waals surface area contributed by atoms with Crippen molar-refractivity contribution in [2.45, 2.75) is 25.6 Å². The van der Waals surface area contributed by atoms with Gasteiger partial charge in [-0.3, -0.25) is 0 Å². The molecule has 3 heteroatoms. The van der Waals surface area contributed by atoms with Crippen LogP contribution in [0.2, 0.25) is 5.02 Å². The van der Waals surface area contributed by atoms with Crippen LogP contribution in [-0.2, 0) is 6.42 Å². The molecule has 0 fully saturated rings. The van der Waals surface area contributed by atoms with Crippen LogP contribution in [0.25, 0.3) is 0 Å². The summed E-state index contributed by atoms with van der Waals surface area (Å²) in [5.41, 5.74) is 4.01. The zero-order chi connectivity index (χ0) is 14.0. The topological polar surface area (TPSA) is 0 Å². The Morgan fingerprint density at radius 1 is 1.05 bits per heavy atom. The van der Waals surface area contributed by atoms with Gasteiger partial charge in [-0.25, -0.2) is 4.39 Å². The minimum absolute atomic E-state index is 0.312. The molecule has 0 saturated carbocycles. The van der Waals surface area contributed by atoms with Gasteiger partial charge in [-0.05, 0) is 55.2 Å². The molecule has 2 aromatic rings. The van der Waals surface area contributed by atoms with E-state index in [1.807, 2.05) is 6.07 Å². The lowest BCUT2D eigenvalue weighted by Crippen LogP contribution is -2.00. The molecule has 0 aliphatic rings. The van der Waals surface area contributed by atoms with Gasteiger partial charge in [0.2, 0.25) is 0 Å². The lowest BCUT2D eigenvalue weighted by Gasteiger charge is -2.12. The van der Waals surface area contributed by atoms with Gasteiger partial charge in [0.1, 0.15) is 5.82 Å². The molecule has 0 nitrogen and oxygen atoms in total. The third-order valence-electron chi connectivity index (χ3n) is 3.28. The van der Waals surface area contributed by atoms with E-state index in [1.165, 1.54) is 23.3 Å². The summed E-state index contributed by atoms with van der Waals surface area (Å²) in [6.07, 6.45) is 0.583. The van der Waals surface area contributed by atoms with Crippen molar-refractivity contribution in [3.63, 3.8) is 0 Å². The highest BCUT2D eigenvalue weighted by molar-refractivity contribution is 6.30. The van der Waals surface area contributed by atoms with E-state index in [1.54, 1.807) is 6.07 Å². The van der Waals surface area contributed by atoms with Crippen molar-refractivity contribution in [2.24, 2.45) is 0 Å². The van der Waals surface area contributed by atoms with Crippen LogP contribution in [0.5, 0.6) is 0 Å². The van der Waals surface area contributed by atoms with Gasteiger partial charge >= 0.3 is 0 Å². The fourth-order valence-corrected chi connectivity index (χ4v) is 2.53. The fraction of sp³-hybridized carbons (Fsp3) is 0.250. The molecule has 0 N–H and O–H groups in total. The molecule has 0 aliphatic heterocycles. The Kier molecular flexibility index (Phi) is 4.49. The van der Waals surface area contributed by atoms with E-state index < -0.39 is 5.38 Å². The first-order chi connectivity index (χ1) is 8.97. The Hall–Kier alpha value is -1.05. The van der Waals surface area contributed by atoms with Gasteiger partial charge in [-0.2, -0.15) is 0 Å². The highest BCUT2D eigenvalue weighted by Crippen LogP contribution is 2.29. The van der Waals surface area contributed by atoms with Crippen molar-refractivity contribution >= 4 is 23.2 Å². The Labute approximate surface area is 123 Å². The molecule has 0 aliphatic carbocycles. The molecule has 0 aromatic heterocycles. The summed E-state index contributed by atoms with van der Waals surface area (Å²) in [7, 11) is 0. The van der Waals surface area contributed by atoms with E-state index >= 15 is 0 Å². The Balaban J connectivity index is 2.22. The summed E-state index contributed by atoms with van der Waals surface area (Å²) < 4.78 is 13.7. The lowest BCUT2D eigenvalue weighted by atomic mass is 10.00. The Morgan fingerprint density at radius 3 is 2.47 bits per heavy atom. The first-order valence-corrected chi connectivity index (χ1v) is 6.94. The van der Waals surface area contributed by atoms with Gasteiger partial charge in [0.15, 0.2) is 0 Å². The highest BCUT2D eigenvalue weighted by Gasteiger charge is 2.14. The van der Waals surface area contributed by atoms with E-state index in [4.69, 9.17) is 23.2 Å². The highest BCUT2D eigenvalue weighted by atomic mass is 35.5. The van der Waals surface area contributed by atoms with Gasteiger partial charge in [-0.1, -0.05) is 29.8 Å². The van der Waals surface area contributed by atoms with E-state index in [0.717, 1.165) is 5.56 Å². The second-order valence-electron chi connectivity index (χ2n) is 4.76. The molecule has 0 spiro atoms. The van der Waals surface area contributed by atoms with Gasteiger partial charge in [-0.15, -0.1) is 11.6 Å². The number of aryl methyl sites for hydroxylation is 2. The predicted molar refractivity (Wildman–Crippen MR) is 79.6 cm³/mol. The first-order valence-electron chi connectivity index (χ1n) is 6.12. The minimum atomic E-state index is -0.416. The first kappa shape index (κ1) is 14.4. The maximum absolute atomic E-state index is 13.7. The molecule has 2 aromatic carbocycles. The molecule has 100 valence electrons. The third kappa shape index (κ3) is 3.49. The average molecular weight is 297 g/mol. The fourth-order valence-electron chi connectivity index (χ4n) is 2.00. The molecule has 0 amide bonds. The predicted octanol–water partition coefficient (Wildman–Crippen LogP) is 5.62. The number of alkyl halides is 1. The van der Waals surface area contributed by atoms with Crippen molar-refractivity contribution in [2.75, 3.05) is 0 Å². The SMILES string of the molecule is Cc1ccc(CC(Cl)c2cc(Cl)ccc2F)cc1C. The van der Waals surface area contributed by atoms with Crippen LogP contribution in [0, 0.1) is 19.7 Å². The van der Waals surface area contributed by atoms with Crippen molar-refractivity contribution in [1.29, 1.82) is 0 Å². The molecule has 1 unspecified atom stereocenters. The molecule has 0 radical (unpaired) electrons. The molecule has 0 heterocycles. The van der Waals surface area contributed by atoms with Gasteiger partial charge in [0.05, 0.1) is 5.38 Å². The quantitative estimate of drug-likeness (QED) is 0.645. The van der Waals surface area contributed by atoms with E-state index in [-0.39, 0.29) is 5.82 Å². The number of benzene rings is 2. The Morgan fingerprint density at radius 2 is 1.79 bits per heavy atom. The summed E-state index contributed by atoms with van der Waals surface area (Å²) in [6.45, 7) is 4.12. The van der Waals surface area contributed by atoms with Gasteiger partial charge < -0.3 is 0 Å². The summed E-state index contributed by atoms with van der Waals surface area (Å²) in [4.78, 5) is 0. The molecule has 2 rings (SSSR count). The molecular formula is C16H15Cl2F. The van der Waals surface area contributed by atoms with Crippen molar-refractivity contribution in [3.8, 4) is 0 Å². The summed E-state index contributed by atoms with van der Waals surface area (Å²) in [6, 6.07) is 10.7. The summed E-state index contributed by atoms with van der Waals surface area (Å²) in [5, 5.41) is 0.0861. The van der Waals surface area contributed by atoms with E-state index in [2.05, 4.69) is 26.0 Å². The zero-order valence-corrected chi connectivity index (χ0v) is 12.4. The van der Waals surface area contributed by atoms with E-state index in [9.17, 15) is 4.39 Å². The van der Waals surface area contributed by atoms with Crippen LogP contribution in [-0.4, -0.2) is 0 Å². The van der Waals surface area contributed by atoms with Crippen molar-refractivity contribution in [1.82, 2.24) is 0 Å². The van der Waals surface area contributed by atoms with Crippen molar-refractivity contribution in [3.05, 3.63) is 69.5 Å². The average Bonchev–Trinajstić information content (AvgIpc) is 2.36.